The van der Waals surface area contributed by atoms with Gasteiger partial charge in [-0.2, -0.15) is 0 Å². The van der Waals surface area contributed by atoms with Crippen LogP contribution in [0.4, 0.5) is 5.82 Å². The normalized spacial score (nSPS) is 10.1. The van der Waals surface area contributed by atoms with Crippen molar-refractivity contribution in [2.45, 2.75) is 26.7 Å². The van der Waals surface area contributed by atoms with Crippen molar-refractivity contribution in [2.24, 2.45) is 5.73 Å². The highest BCUT2D eigenvalue weighted by molar-refractivity contribution is 5.93. The standard InChI is InChI=1S/C12H19N3O/c1-3-5-8-15(4-2)11-9-10(12(13)16)6-7-14-11/h6-7,9H,3-5,8H2,1-2H3,(H2,13,16). The molecule has 0 aliphatic carbocycles. The minimum atomic E-state index is -0.407. The maximum Gasteiger partial charge on any atom is 0.248 e. The van der Waals surface area contributed by atoms with Crippen LogP contribution in [-0.2, 0) is 0 Å². The third-order valence-electron chi connectivity index (χ3n) is 2.52. The van der Waals surface area contributed by atoms with Gasteiger partial charge in [-0.25, -0.2) is 4.98 Å². The lowest BCUT2D eigenvalue weighted by Crippen LogP contribution is -2.25. The van der Waals surface area contributed by atoms with E-state index in [0.717, 1.165) is 31.7 Å². The lowest BCUT2D eigenvalue weighted by Gasteiger charge is -2.21. The van der Waals surface area contributed by atoms with Crippen molar-refractivity contribution in [3.63, 3.8) is 0 Å². The van der Waals surface area contributed by atoms with Gasteiger partial charge in [0.1, 0.15) is 5.82 Å². The molecule has 0 fully saturated rings. The number of anilines is 1. The molecule has 1 amide bonds. The largest absolute Gasteiger partial charge is 0.366 e. The third kappa shape index (κ3) is 3.22. The van der Waals surface area contributed by atoms with Gasteiger partial charge in [-0.3, -0.25) is 4.79 Å². The molecule has 0 radical (unpaired) electrons. The molecule has 16 heavy (non-hydrogen) atoms. The molecule has 1 heterocycles. The summed E-state index contributed by atoms with van der Waals surface area (Å²) in [5.74, 6) is 0.419. The third-order valence-corrected chi connectivity index (χ3v) is 2.52. The van der Waals surface area contributed by atoms with E-state index in [2.05, 4.69) is 23.7 Å². The van der Waals surface area contributed by atoms with Gasteiger partial charge < -0.3 is 10.6 Å². The molecule has 0 bridgehead atoms. The van der Waals surface area contributed by atoms with Crippen LogP contribution < -0.4 is 10.6 Å². The fourth-order valence-corrected chi connectivity index (χ4v) is 1.53. The summed E-state index contributed by atoms with van der Waals surface area (Å²) >= 11 is 0. The van der Waals surface area contributed by atoms with Gasteiger partial charge in [0.05, 0.1) is 0 Å². The van der Waals surface area contributed by atoms with Crippen molar-refractivity contribution in [1.29, 1.82) is 0 Å². The van der Waals surface area contributed by atoms with Crippen LogP contribution in [0.2, 0.25) is 0 Å². The molecule has 0 saturated carbocycles. The zero-order valence-electron chi connectivity index (χ0n) is 9.94. The molecule has 2 N–H and O–H groups in total. The van der Waals surface area contributed by atoms with Crippen LogP contribution in [0.5, 0.6) is 0 Å². The van der Waals surface area contributed by atoms with Gasteiger partial charge in [0.2, 0.25) is 5.91 Å². The Morgan fingerprint density at radius 2 is 2.25 bits per heavy atom. The molecule has 88 valence electrons. The Morgan fingerprint density at radius 3 is 2.81 bits per heavy atom. The molecule has 4 heteroatoms. The summed E-state index contributed by atoms with van der Waals surface area (Å²) in [7, 11) is 0. The first-order valence-electron chi connectivity index (χ1n) is 5.69. The molecule has 1 aromatic heterocycles. The van der Waals surface area contributed by atoms with Crippen LogP contribution in [0.25, 0.3) is 0 Å². The van der Waals surface area contributed by atoms with Crippen molar-refractivity contribution in [3.8, 4) is 0 Å². The van der Waals surface area contributed by atoms with E-state index in [4.69, 9.17) is 5.73 Å². The number of primary amides is 1. The number of aromatic nitrogens is 1. The molecule has 1 rings (SSSR count). The van der Waals surface area contributed by atoms with Gasteiger partial charge in [-0.15, -0.1) is 0 Å². The second-order valence-corrected chi connectivity index (χ2v) is 3.70. The summed E-state index contributed by atoms with van der Waals surface area (Å²) in [6.07, 6.45) is 3.90. The second kappa shape index (κ2) is 6.10. The first-order chi connectivity index (χ1) is 7.69. The summed E-state index contributed by atoms with van der Waals surface area (Å²) in [5.41, 5.74) is 5.75. The van der Waals surface area contributed by atoms with Crippen LogP contribution >= 0.6 is 0 Å². The van der Waals surface area contributed by atoms with E-state index in [1.165, 1.54) is 0 Å². The average molecular weight is 221 g/mol. The monoisotopic (exact) mass is 221 g/mol. The highest BCUT2D eigenvalue weighted by Crippen LogP contribution is 2.13. The summed E-state index contributed by atoms with van der Waals surface area (Å²) in [5, 5.41) is 0. The van der Waals surface area contributed by atoms with Crippen molar-refractivity contribution in [2.75, 3.05) is 18.0 Å². The van der Waals surface area contributed by atoms with E-state index < -0.39 is 5.91 Å². The Bertz CT molecular complexity index is 352. The molecule has 0 aliphatic heterocycles. The van der Waals surface area contributed by atoms with Crippen LogP contribution in [0.3, 0.4) is 0 Å². The highest BCUT2D eigenvalue weighted by Gasteiger charge is 2.07. The van der Waals surface area contributed by atoms with Crippen LogP contribution in [0, 0.1) is 0 Å². The van der Waals surface area contributed by atoms with Gasteiger partial charge in [-0.05, 0) is 25.5 Å². The zero-order chi connectivity index (χ0) is 12.0. The number of hydrogen-bond donors (Lipinski definition) is 1. The lowest BCUT2D eigenvalue weighted by atomic mass is 10.2. The first kappa shape index (κ1) is 12.5. The van der Waals surface area contributed by atoms with Crippen molar-refractivity contribution in [1.82, 2.24) is 4.98 Å². The average Bonchev–Trinajstić information content (AvgIpc) is 2.30. The summed E-state index contributed by atoms with van der Waals surface area (Å²) in [4.78, 5) is 17.5. The number of carbonyl (C=O) groups is 1. The van der Waals surface area contributed by atoms with Gasteiger partial charge in [0.15, 0.2) is 0 Å². The quantitative estimate of drug-likeness (QED) is 0.797. The van der Waals surface area contributed by atoms with Crippen LogP contribution in [0.15, 0.2) is 18.3 Å². The number of carbonyl (C=O) groups excluding carboxylic acids is 1. The Hall–Kier alpha value is -1.58. The Labute approximate surface area is 96.5 Å². The SMILES string of the molecule is CCCCN(CC)c1cc(C(N)=O)ccn1. The number of nitrogens with two attached hydrogens (primary N) is 1. The van der Waals surface area contributed by atoms with E-state index in [9.17, 15) is 4.79 Å². The lowest BCUT2D eigenvalue weighted by molar-refractivity contribution is 0.1000. The first-order valence-corrected chi connectivity index (χ1v) is 5.69. The molecule has 0 spiro atoms. The molecule has 0 unspecified atom stereocenters. The molecule has 1 aromatic rings. The smallest absolute Gasteiger partial charge is 0.248 e. The number of rotatable bonds is 6. The summed E-state index contributed by atoms with van der Waals surface area (Å²) in [6, 6.07) is 3.39. The van der Waals surface area contributed by atoms with Gasteiger partial charge >= 0.3 is 0 Å². The molecule has 0 saturated heterocycles. The molecular formula is C12H19N3O. The Kier molecular flexibility index (Phi) is 4.76. The maximum atomic E-state index is 11.1. The van der Waals surface area contributed by atoms with Gasteiger partial charge in [0, 0.05) is 24.8 Å². The van der Waals surface area contributed by atoms with Crippen LogP contribution in [0.1, 0.15) is 37.0 Å². The second-order valence-electron chi connectivity index (χ2n) is 3.70. The van der Waals surface area contributed by atoms with E-state index in [1.807, 2.05) is 0 Å². The zero-order valence-corrected chi connectivity index (χ0v) is 9.94. The molecule has 0 aliphatic rings. The maximum absolute atomic E-state index is 11.1. The van der Waals surface area contributed by atoms with Crippen molar-refractivity contribution < 1.29 is 4.79 Å². The molecular weight excluding hydrogens is 202 g/mol. The number of unbranched alkanes of at least 4 members (excludes halogenated alkanes) is 1. The predicted octanol–water partition coefficient (Wildman–Crippen LogP) is 1.81. The van der Waals surface area contributed by atoms with Crippen molar-refractivity contribution >= 4 is 11.7 Å². The summed E-state index contributed by atoms with van der Waals surface area (Å²) < 4.78 is 0. The number of amides is 1. The van der Waals surface area contributed by atoms with Crippen LogP contribution in [-0.4, -0.2) is 24.0 Å². The fraction of sp³-hybridized carbons (Fsp3) is 0.500. The Balaban J connectivity index is 2.83. The van der Waals surface area contributed by atoms with E-state index in [0.29, 0.717) is 5.56 Å². The van der Waals surface area contributed by atoms with E-state index >= 15 is 0 Å². The van der Waals surface area contributed by atoms with Crippen molar-refractivity contribution in [3.05, 3.63) is 23.9 Å². The van der Waals surface area contributed by atoms with E-state index in [1.54, 1.807) is 18.3 Å². The topological polar surface area (TPSA) is 59.2 Å². The number of pyridine rings is 1. The molecule has 4 nitrogen and oxygen atoms in total. The molecule has 0 atom stereocenters. The van der Waals surface area contributed by atoms with Gasteiger partial charge in [-0.1, -0.05) is 13.3 Å². The summed E-state index contributed by atoms with van der Waals surface area (Å²) in [6.45, 7) is 6.08. The number of hydrogen-bond acceptors (Lipinski definition) is 3. The molecule has 0 aromatic carbocycles. The predicted molar refractivity (Wildman–Crippen MR) is 65.5 cm³/mol. The van der Waals surface area contributed by atoms with Gasteiger partial charge in [0.25, 0.3) is 0 Å². The highest BCUT2D eigenvalue weighted by atomic mass is 16.1. The Morgan fingerprint density at radius 1 is 1.50 bits per heavy atom. The fourth-order valence-electron chi connectivity index (χ4n) is 1.53. The minimum absolute atomic E-state index is 0.407. The van der Waals surface area contributed by atoms with E-state index in [-0.39, 0.29) is 0 Å². The number of nitrogens with zero attached hydrogens (tertiary/aromatic N) is 2. The minimum Gasteiger partial charge on any atom is -0.366 e.